The topological polar surface area (TPSA) is 143 Å². The molecule has 0 aliphatic carbocycles. The van der Waals surface area contributed by atoms with E-state index in [-0.39, 0.29) is 46.0 Å². The number of carboxylic acid groups (broad SMARTS) is 2. The van der Waals surface area contributed by atoms with E-state index >= 15 is 0 Å². The first-order valence-electron chi connectivity index (χ1n) is 10.2. The summed E-state index contributed by atoms with van der Waals surface area (Å²) in [6.45, 7) is 13.8. The molecule has 0 atom stereocenters. The Balaban J connectivity index is -0.000000218. The van der Waals surface area contributed by atoms with Crippen molar-refractivity contribution in [3.8, 4) is 22.9 Å². The van der Waals surface area contributed by atoms with Crippen molar-refractivity contribution in [1.82, 2.24) is 0 Å². The molecule has 2 N–H and O–H groups in total. The van der Waals surface area contributed by atoms with Crippen LogP contribution in [0.1, 0.15) is 46.0 Å². The quantitative estimate of drug-likeness (QED) is 0.179. The molecule has 0 rings (SSSR count). The smallest absolute Gasteiger partial charge is 0.303 e. The number of ketones is 2. The zero-order valence-electron chi connectivity index (χ0n) is 20.3. The molecule has 12 heteroatoms. The molecule has 0 aromatic heterocycles. The van der Waals surface area contributed by atoms with Gasteiger partial charge in [0.25, 0.3) is 0 Å². The number of hydrogen-bond acceptors (Lipinski definition) is 6. The average molecular weight is 568 g/mol. The predicted octanol–water partition coefficient (Wildman–Crippen LogP) is 4.54. The maximum absolute atomic E-state index is 10.9. The fourth-order valence-electron chi connectivity index (χ4n) is 1.28. The molecule has 0 radical (unpaired) electrons. The van der Waals surface area contributed by atoms with Gasteiger partial charge < -0.3 is 10.2 Å². The molecule has 0 bridgehead atoms. The van der Waals surface area contributed by atoms with Gasteiger partial charge in [-0.25, -0.2) is 0 Å². The van der Waals surface area contributed by atoms with E-state index in [0.717, 1.165) is 0 Å². The Morgan fingerprint density at radius 1 is 0.571 bits per heavy atom. The molecule has 0 saturated heterocycles. The van der Waals surface area contributed by atoms with E-state index in [9.17, 15) is 28.8 Å². The Morgan fingerprint density at radius 3 is 1.00 bits per heavy atom. The molecule has 0 fully saturated rings. The molecule has 0 saturated carbocycles. The minimum Gasteiger partial charge on any atom is -0.481 e. The van der Waals surface area contributed by atoms with Crippen LogP contribution in [0.5, 0.6) is 0 Å². The van der Waals surface area contributed by atoms with Crippen molar-refractivity contribution in [2.75, 3.05) is 0 Å². The minimum absolute atomic E-state index is 0. The van der Waals surface area contributed by atoms with Crippen LogP contribution in [-0.4, -0.2) is 60.4 Å². The average Bonchev–Trinajstić information content (AvgIpc) is 2.66. The van der Waals surface area contributed by atoms with Crippen molar-refractivity contribution in [2.24, 2.45) is 0 Å². The Hall–Kier alpha value is -2.25. The van der Waals surface area contributed by atoms with Crippen LogP contribution in [0.15, 0.2) is 0 Å². The fraction of sp³-hybridized carbons (Fsp3) is 0.565. The lowest BCUT2D eigenvalue weighted by atomic mass is 10.2. The zero-order valence-corrected chi connectivity index (χ0v) is 23.9. The summed E-state index contributed by atoms with van der Waals surface area (Å²) in [4.78, 5) is 61.7. The first kappa shape index (κ1) is 39.9. The van der Waals surface area contributed by atoms with Gasteiger partial charge >= 0.3 is 11.9 Å². The number of Topliss-reactive ketones (excluding diaryl/α,β-unsaturated/α-hetero) is 2. The molecule has 0 heterocycles. The summed E-state index contributed by atoms with van der Waals surface area (Å²) in [6.07, 6.45) is -1.12. The van der Waals surface area contributed by atoms with Crippen LogP contribution < -0.4 is 0 Å². The van der Waals surface area contributed by atoms with Crippen LogP contribution in [0.3, 0.4) is 0 Å². The Bertz CT molecular complexity index is 798. The van der Waals surface area contributed by atoms with Crippen LogP contribution >= 0.6 is 23.2 Å². The lowest BCUT2D eigenvalue weighted by molar-refractivity contribution is -0.138. The molecule has 35 heavy (non-hydrogen) atoms. The molecule has 0 aromatic rings. The monoisotopic (exact) mass is 566 g/mol. The molecule has 0 spiro atoms. The number of hydrogen-bond donors (Lipinski definition) is 2. The van der Waals surface area contributed by atoms with Gasteiger partial charge in [-0.15, -0.1) is 11.1 Å². The maximum atomic E-state index is 10.9. The van der Waals surface area contributed by atoms with Gasteiger partial charge in [-0.1, -0.05) is 46.7 Å². The van der Waals surface area contributed by atoms with Gasteiger partial charge in [0.15, 0.2) is 0 Å². The Labute approximate surface area is 220 Å². The second-order valence-electron chi connectivity index (χ2n) is 8.84. The molecule has 0 aromatic carbocycles. The third-order valence-electron chi connectivity index (χ3n) is 2.80. The molecule has 0 amide bonds. The van der Waals surface area contributed by atoms with Crippen LogP contribution in [0.2, 0.25) is 39.3 Å². The molecule has 198 valence electrons. The zero-order chi connectivity index (χ0) is 27.5. The standard InChI is InChI=1S/C10H10O6.C8H18Si2.C4H4Cl2O2.CH4/c11-7(3-5-9(13)14)1-2-8(12)4-6-10(15)16;1-9(2,3)7-8-10(4,5)6;5-3(7)1-2-4(6)8;/h3-6H2,(H,13,14)(H,15,16);1-6H3;1-2H2;1H4. The highest BCUT2D eigenvalue weighted by Crippen LogP contribution is 2.01. The highest BCUT2D eigenvalue weighted by atomic mass is 35.5. The number of halogens is 2. The number of aliphatic carboxylic acids is 2. The normalized spacial score (nSPS) is 9.49. The predicted molar refractivity (Wildman–Crippen MR) is 144 cm³/mol. The molecular weight excluding hydrogens is 531 g/mol. The summed E-state index contributed by atoms with van der Waals surface area (Å²) in [7, 11) is -2.19. The lowest BCUT2D eigenvalue weighted by Crippen LogP contribution is -2.22. The second kappa shape index (κ2) is 21.1. The number of carboxylic acids is 2. The molecule has 0 aliphatic rings. The second-order valence-corrected chi connectivity index (χ2v) is 19.2. The van der Waals surface area contributed by atoms with Gasteiger partial charge in [0.05, 0.1) is 12.8 Å². The lowest BCUT2D eigenvalue weighted by Gasteiger charge is -2.08. The van der Waals surface area contributed by atoms with Gasteiger partial charge in [-0.2, -0.15) is 0 Å². The third-order valence-corrected chi connectivity index (χ3v) is 5.18. The van der Waals surface area contributed by atoms with E-state index in [0.29, 0.717) is 0 Å². The van der Waals surface area contributed by atoms with E-state index in [1.165, 1.54) is 0 Å². The Kier molecular flexibility index (Phi) is 24.0. The van der Waals surface area contributed by atoms with E-state index in [1.807, 2.05) is 11.8 Å². The first-order valence-corrected chi connectivity index (χ1v) is 17.9. The Morgan fingerprint density at radius 2 is 0.829 bits per heavy atom. The van der Waals surface area contributed by atoms with Gasteiger partial charge in [0, 0.05) is 25.7 Å². The summed E-state index contributed by atoms with van der Waals surface area (Å²) in [5, 5.41) is 15.4. The highest BCUT2D eigenvalue weighted by Gasteiger charge is 2.12. The van der Waals surface area contributed by atoms with Gasteiger partial charge in [0.2, 0.25) is 22.1 Å². The summed E-state index contributed by atoms with van der Waals surface area (Å²) >= 11 is 9.74. The van der Waals surface area contributed by atoms with Crippen LogP contribution in [0, 0.1) is 22.9 Å². The van der Waals surface area contributed by atoms with Crippen molar-refractivity contribution in [3.05, 3.63) is 0 Å². The summed E-state index contributed by atoms with van der Waals surface area (Å²) in [5.74, 6) is 0.403. The fourth-order valence-corrected chi connectivity index (χ4v) is 4.47. The van der Waals surface area contributed by atoms with E-state index in [2.05, 4.69) is 50.4 Å². The molecule has 8 nitrogen and oxygen atoms in total. The summed E-state index contributed by atoms with van der Waals surface area (Å²) < 4.78 is 0. The van der Waals surface area contributed by atoms with Gasteiger partial charge in [0.1, 0.15) is 16.1 Å². The molecule has 0 aliphatic heterocycles. The SMILES string of the molecule is C.C[Si](C)(C)C#C[Si](C)(C)C.O=C(Cl)CCC(=O)Cl.O=C(O)CCC(=O)C#CC(=O)CCC(=O)O. The van der Waals surface area contributed by atoms with Gasteiger partial charge in [-0.3, -0.25) is 28.8 Å². The van der Waals surface area contributed by atoms with Crippen molar-refractivity contribution >= 4 is 73.3 Å². The first-order chi connectivity index (χ1) is 15.2. The maximum Gasteiger partial charge on any atom is 0.303 e. The van der Waals surface area contributed by atoms with E-state index in [4.69, 9.17) is 33.4 Å². The third kappa shape index (κ3) is 45.9. The van der Waals surface area contributed by atoms with E-state index < -0.39 is 50.1 Å². The minimum atomic E-state index is -1.12. The summed E-state index contributed by atoms with van der Waals surface area (Å²) in [5.41, 5.74) is 6.82. The molecule has 0 unspecified atom stereocenters. The number of carbonyl (C=O) groups excluding carboxylic acids is 4. The van der Waals surface area contributed by atoms with Crippen molar-refractivity contribution in [2.45, 2.75) is 85.2 Å². The molecular formula is C23H36Cl2O8Si2. The van der Waals surface area contributed by atoms with Crippen molar-refractivity contribution < 1.29 is 39.0 Å². The summed E-state index contributed by atoms with van der Waals surface area (Å²) in [6, 6.07) is 0. The number of rotatable bonds is 9. The van der Waals surface area contributed by atoms with Gasteiger partial charge in [-0.05, 0) is 35.0 Å². The van der Waals surface area contributed by atoms with Crippen molar-refractivity contribution in [1.29, 1.82) is 0 Å². The van der Waals surface area contributed by atoms with E-state index in [1.54, 1.807) is 0 Å². The van der Waals surface area contributed by atoms with Crippen LogP contribution in [-0.2, 0) is 28.8 Å². The van der Waals surface area contributed by atoms with Crippen LogP contribution in [0.4, 0.5) is 0 Å². The van der Waals surface area contributed by atoms with Crippen LogP contribution in [0.25, 0.3) is 0 Å². The number of carbonyl (C=O) groups is 6. The van der Waals surface area contributed by atoms with Crippen molar-refractivity contribution in [3.63, 3.8) is 0 Å². The largest absolute Gasteiger partial charge is 0.481 e. The highest BCUT2D eigenvalue weighted by molar-refractivity contribution is 6.89.